The Kier molecular flexibility index (Phi) is 2.07. The van der Waals surface area contributed by atoms with Crippen LogP contribution in [-0.2, 0) is 9.45 Å². The van der Waals surface area contributed by atoms with Crippen LogP contribution in [0.3, 0.4) is 0 Å². The van der Waals surface area contributed by atoms with Gasteiger partial charge in [0.25, 0.3) is 5.97 Å². The highest BCUT2D eigenvalue weighted by Gasteiger charge is 2.20. The van der Waals surface area contributed by atoms with Crippen molar-refractivity contribution in [2.24, 2.45) is 5.41 Å². The van der Waals surface area contributed by atoms with E-state index in [-0.39, 0.29) is 0 Å². The van der Waals surface area contributed by atoms with Gasteiger partial charge in [0.05, 0.1) is 5.41 Å². The number of carbonyl (C=O) groups excluding carboxylic acids is 1. The van der Waals surface area contributed by atoms with E-state index in [0.717, 1.165) is 0 Å². The molecule has 0 aromatic heterocycles. The first-order chi connectivity index (χ1) is 3.48. The fourth-order valence-corrected chi connectivity index (χ4v) is 0.177. The first-order valence-corrected chi connectivity index (χ1v) is 2.39. The average molecular weight is 112 g/mol. The second kappa shape index (κ2) is 2.20. The molecule has 0 atom stereocenters. The third kappa shape index (κ3) is 2.00. The lowest BCUT2D eigenvalue weighted by Crippen LogP contribution is -2.21. The van der Waals surface area contributed by atoms with Crippen molar-refractivity contribution in [2.45, 2.75) is 20.8 Å². The maximum absolute atomic E-state index is 10.5. The maximum Gasteiger partial charge on any atom is 0.378 e. The zero-order chi connectivity index (χ0) is 6.78. The molecule has 0 spiro atoms. The highest BCUT2D eigenvalue weighted by molar-refractivity contribution is 6.06. The number of hydrogen-bond donors (Lipinski definition) is 0. The summed E-state index contributed by atoms with van der Waals surface area (Å²) in [4.78, 5) is 10.5. The third-order valence-corrected chi connectivity index (χ3v) is 0.719. The lowest BCUT2D eigenvalue weighted by molar-refractivity contribution is -0.142. The van der Waals surface area contributed by atoms with Crippen LogP contribution in [0.5, 0.6) is 0 Å². The zero-order valence-electron chi connectivity index (χ0n) is 5.39. The summed E-state index contributed by atoms with van der Waals surface area (Å²) in [6, 6.07) is 0. The first kappa shape index (κ1) is 7.53. The second-order valence-electron chi connectivity index (χ2n) is 2.66. The van der Waals surface area contributed by atoms with Crippen molar-refractivity contribution in [1.29, 1.82) is 0 Å². The summed E-state index contributed by atoms with van der Waals surface area (Å²) in [5.41, 5.74) is -0.477. The van der Waals surface area contributed by atoms with E-state index in [9.17, 15) is 4.79 Å². The summed E-state index contributed by atoms with van der Waals surface area (Å²) < 4.78 is 3.98. The maximum atomic E-state index is 10.5. The highest BCUT2D eigenvalue weighted by Crippen LogP contribution is 2.13. The van der Waals surface area contributed by atoms with Crippen LogP contribution < -0.4 is 0 Å². The summed E-state index contributed by atoms with van der Waals surface area (Å²) in [7, 11) is 4.61. The molecular weight excluding hydrogens is 103 g/mol. The fraction of sp³-hybridized carbons (Fsp3) is 0.800. The molecule has 0 N–H and O–H groups in total. The molecule has 8 heavy (non-hydrogen) atoms. The van der Waals surface area contributed by atoms with Gasteiger partial charge in [-0.2, -0.15) is 0 Å². The summed E-state index contributed by atoms with van der Waals surface area (Å²) in [6.07, 6.45) is 0. The molecule has 0 bridgehead atoms. The van der Waals surface area contributed by atoms with Crippen molar-refractivity contribution in [2.75, 3.05) is 0 Å². The predicted molar refractivity (Wildman–Crippen MR) is 31.3 cm³/mol. The number of hydrogen-bond acceptors (Lipinski definition) is 2. The summed E-state index contributed by atoms with van der Waals surface area (Å²) in [5, 5.41) is 0. The highest BCUT2D eigenvalue weighted by atomic mass is 16.5. The van der Waals surface area contributed by atoms with Crippen LogP contribution in [0.4, 0.5) is 0 Å². The SMILES string of the molecule is [B]OC(=O)C(C)(C)C. The van der Waals surface area contributed by atoms with E-state index >= 15 is 0 Å². The van der Waals surface area contributed by atoms with E-state index in [2.05, 4.69) is 12.7 Å². The lowest BCUT2D eigenvalue weighted by atomic mass is 9.97. The van der Waals surface area contributed by atoms with Gasteiger partial charge in [-0.25, -0.2) is 0 Å². The third-order valence-electron chi connectivity index (χ3n) is 0.719. The number of rotatable bonds is 0. The Balaban J connectivity index is 3.82. The molecule has 2 radical (unpaired) electrons. The molecule has 0 aliphatic heterocycles. The van der Waals surface area contributed by atoms with Gasteiger partial charge in [0.2, 0.25) is 0 Å². The van der Waals surface area contributed by atoms with Crippen molar-refractivity contribution in [3.8, 4) is 0 Å². The molecule has 0 saturated heterocycles. The standard InChI is InChI=1S/C5H9BO2/c1-5(2,3)4(7)8-6/h1-3H3. The van der Waals surface area contributed by atoms with E-state index in [0.29, 0.717) is 0 Å². The fourth-order valence-electron chi connectivity index (χ4n) is 0.177. The molecule has 0 fully saturated rings. The van der Waals surface area contributed by atoms with E-state index in [1.807, 2.05) is 0 Å². The van der Waals surface area contributed by atoms with Crippen molar-refractivity contribution >= 4 is 14.0 Å². The Hall–Kier alpha value is -0.465. The quantitative estimate of drug-likeness (QED) is 0.430. The van der Waals surface area contributed by atoms with Crippen molar-refractivity contribution in [1.82, 2.24) is 0 Å². The Morgan fingerprint density at radius 3 is 1.88 bits per heavy atom. The Morgan fingerprint density at radius 2 is 1.88 bits per heavy atom. The molecule has 0 rings (SSSR count). The van der Waals surface area contributed by atoms with Crippen LogP contribution in [0.2, 0.25) is 0 Å². The van der Waals surface area contributed by atoms with Crippen LogP contribution in [0.15, 0.2) is 0 Å². The van der Waals surface area contributed by atoms with Gasteiger partial charge in [-0.05, 0) is 20.8 Å². The molecule has 0 aliphatic carbocycles. The Bertz CT molecular complexity index is 93.1. The molecule has 3 heteroatoms. The zero-order valence-corrected chi connectivity index (χ0v) is 5.39. The van der Waals surface area contributed by atoms with E-state index in [4.69, 9.17) is 0 Å². The van der Waals surface area contributed by atoms with Gasteiger partial charge in [-0.15, -0.1) is 0 Å². The topological polar surface area (TPSA) is 26.3 Å². The van der Waals surface area contributed by atoms with Crippen molar-refractivity contribution < 1.29 is 9.45 Å². The normalized spacial score (nSPS) is 10.9. The minimum absolute atomic E-state index is 0.391. The molecule has 0 heterocycles. The van der Waals surface area contributed by atoms with Gasteiger partial charge >= 0.3 is 8.05 Å². The molecule has 0 unspecified atom stereocenters. The van der Waals surface area contributed by atoms with Gasteiger partial charge < -0.3 is 4.65 Å². The average Bonchev–Trinajstić information content (AvgIpc) is 1.62. The van der Waals surface area contributed by atoms with Gasteiger partial charge in [-0.1, -0.05) is 0 Å². The van der Waals surface area contributed by atoms with Crippen LogP contribution in [0.1, 0.15) is 20.8 Å². The van der Waals surface area contributed by atoms with Crippen LogP contribution >= 0.6 is 0 Å². The smallest absolute Gasteiger partial charge is 0.378 e. The first-order valence-electron chi connectivity index (χ1n) is 2.39. The predicted octanol–water partition coefficient (Wildman–Crippen LogP) is 0.659. The van der Waals surface area contributed by atoms with Crippen LogP contribution in [0, 0.1) is 5.41 Å². The number of carbonyl (C=O) groups is 1. The van der Waals surface area contributed by atoms with Gasteiger partial charge in [0.1, 0.15) is 0 Å². The molecule has 0 aromatic rings. The molecule has 44 valence electrons. The Morgan fingerprint density at radius 1 is 1.50 bits per heavy atom. The van der Waals surface area contributed by atoms with Gasteiger partial charge in [0, 0.05) is 0 Å². The molecule has 0 saturated carbocycles. The Labute approximate surface area is 50.7 Å². The van der Waals surface area contributed by atoms with Crippen molar-refractivity contribution in [3.05, 3.63) is 0 Å². The summed E-state index contributed by atoms with van der Waals surface area (Å²) in [5.74, 6) is -0.391. The molecule has 0 amide bonds. The van der Waals surface area contributed by atoms with E-state index in [1.165, 1.54) is 0 Å². The van der Waals surface area contributed by atoms with Crippen molar-refractivity contribution in [3.63, 3.8) is 0 Å². The van der Waals surface area contributed by atoms with E-state index < -0.39 is 11.4 Å². The lowest BCUT2D eigenvalue weighted by Gasteiger charge is -2.13. The molecule has 0 aliphatic rings. The molecule has 0 aromatic carbocycles. The minimum Gasteiger partial charge on any atom is -0.543 e. The monoisotopic (exact) mass is 112 g/mol. The van der Waals surface area contributed by atoms with Gasteiger partial charge in [-0.3, -0.25) is 4.79 Å². The van der Waals surface area contributed by atoms with Crippen LogP contribution in [-0.4, -0.2) is 14.0 Å². The largest absolute Gasteiger partial charge is 0.543 e. The summed E-state index contributed by atoms with van der Waals surface area (Å²) in [6.45, 7) is 5.21. The van der Waals surface area contributed by atoms with E-state index in [1.54, 1.807) is 20.8 Å². The second-order valence-corrected chi connectivity index (χ2v) is 2.66. The molecular formula is C5H9BO2. The summed E-state index contributed by atoms with van der Waals surface area (Å²) >= 11 is 0. The van der Waals surface area contributed by atoms with Gasteiger partial charge in [0.15, 0.2) is 0 Å². The minimum atomic E-state index is -0.477. The van der Waals surface area contributed by atoms with Crippen LogP contribution in [0.25, 0.3) is 0 Å². The molecule has 2 nitrogen and oxygen atoms in total.